The molecule has 2 aromatic heterocycles. The van der Waals surface area contributed by atoms with Gasteiger partial charge in [0.05, 0.1) is 17.0 Å². The maximum absolute atomic E-state index is 12.5. The lowest BCUT2D eigenvalue weighted by atomic mass is 10.1. The molecule has 0 amide bonds. The largest absolute Gasteiger partial charge is 0.262 e. The third-order valence-corrected chi connectivity index (χ3v) is 4.57. The van der Waals surface area contributed by atoms with Crippen molar-refractivity contribution in [2.75, 3.05) is 0 Å². The summed E-state index contributed by atoms with van der Waals surface area (Å²) in [5.41, 5.74) is 1.61. The summed E-state index contributed by atoms with van der Waals surface area (Å²) in [5, 5.41) is 6.88. The molecule has 0 spiro atoms. The minimum absolute atomic E-state index is 0.0535. The van der Waals surface area contributed by atoms with Crippen molar-refractivity contribution >= 4 is 20.9 Å². The van der Waals surface area contributed by atoms with E-state index in [0.29, 0.717) is 16.7 Å². The zero-order valence-electron chi connectivity index (χ0n) is 11.2. The molecule has 0 aliphatic heterocycles. The van der Waals surface area contributed by atoms with Gasteiger partial charge in [-0.3, -0.25) is 10.1 Å². The van der Waals surface area contributed by atoms with E-state index in [9.17, 15) is 8.42 Å². The number of aromatic nitrogens is 4. The lowest BCUT2D eigenvalue weighted by Crippen LogP contribution is -2.24. The van der Waals surface area contributed by atoms with E-state index in [2.05, 4.69) is 24.9 Å². The van der Waals surface area contributed by atoms with Gasteiger partial charge in [0, 0.05) is 11.6 Å². The molecule has 0 radical (unpaired) electrons. The van der Waals surface area contributed by atoms with Crippen molar-refractivity contribution in [2.24, 2.45) is 0 Å². The molecule has 0 atom stereocenters. The van der Waals surface area contributed by atoms with Crippen molar-refractivity contribution < 1.29 is 8.42 Å². The van der Waals surface area contributed by atoms with E-state index in [4.69, 9.17) is 0 Å². The van der Waals surface area contributed by atoms with Gasteiger partial charge in [0.25, 0.3) is 0 Å². The molecule has 2 N–H and O–H groups in total. The first-order valence-electron chi connectivity index (χ1n) is 6.26. The highest BCUT2D eigenvalue weighted by Crippen LogP contribution is 2.24. The van der Waals surface area contributed by atoms with Crippen LogP contribution in [0.15, 0.2) is 41.7 Å². The monoisotopic (exact) mass is 303 g/mol. The van der Waals surface area contributed by atoms with Crippen molar-refractivity contribution in [3.8, 4) is 0 Å². The molecule has 2 heterocycles. The van der Waals surface area contributed by atoms with Crippen LogP contribution in [0.1, 0.15) is 11.4 Å². The average Bonchev–Trinajstić information content (AvgIpc) is 2.99. The molecular weight excluding hydrogens is 290 g/mol. The van der Waals surface area contributed by atoms with Gasteiger partial charge in [-0.1, -0.05) is 6.07 Å². The van der Waals surface area contributed by atoms with E-state index in [-0.39, 0.29) is 11.4 Å². The molecule has 3 rings (SSSR count). The van der Waals surface area contributed by atoms with Crippen LogP contribution in [0, 0.1) is 6.92 Å². The summed E-state index contributed by atoms with van der Waals surface area (Å²) in [7, 11) is -3.66. The molecule has 21 heavy (non-hydrogen) atoms. The molecule has 0 aliphatic carbocycles. The second-order valence-electron chi connectivity index (χ2n) is 4.54. The van der Waals surface area contributed by atoms with Crippen LogP contribution in [0.3, 0.4) is 0 Å². The van der Waals surface area contributed by atoms with Gasteiger partial charge in [0.2, 0.25) is 10.0 Å². The Bertz CT molecular complexity index is 875. The average molecular weight is 303 g/mol. The molecule has 108 valence electrons. The van der Waals surface area contributed by atoms with Gasteiger partial charge in [0.1, 0.15) is 12.2 Å². The molecular formula is C13H13N5O2S. The van der Waals surface area contributed by atoms with E-state index in [1.807, 2.05) is 6.92 Å². The summed E-state index contributed by atoms with van der Waals surface area (Å²) < 4.78 is 27.4. The minimum Gasteiger partial charge on any atom is -0.262 e. The molecule has 7 nitrogen and oxygen atoms in total. The summed E-state index contributed by atoms with van der Waals surface area (Å²) in [4.78, 5) is 8.33. The van der Waals surface area contributed by atoms with E-state index < -0.39 is 10.0 Å². The van der Waals surface area contributed by atoms with Crippen LogP contribution in [0.4, 0.5) is 0 Å². The van der Waals surface area contributed by atoms with Crippen LogP contribution >= 0.6 is 0 Å². The highest BCUT2D eigenvalue weighted by atomic mass is 32.2. The maximum Gasteiger partial charge on any atom is 0.241 e. The van der Waals surface area contributed by atoms with Crippen molar-refractivity contribution in [3.63, 3.8) is 0 Å². The van der Waals surface area contributed by atoms with Gasteiger partial charge >= 0.3 is 0 Å². The normalized spacial score (nSPS) is 11.9. The number of pyridine rings is 1. The second-order valence-corrected chi connectivity index (χ2v) is 6.27. The van der Waals surface area contributed by atoms with Crippen LogP contribution in [-0.4, -0.2) is 28.6 Å². The van der Waals surface area contributed by atoms with Gasteiger partial charge in [-0.15, -0.1) is 0 Å². The Morgan fingerprint density at radius 3 is 2.86 bits per heavy atom. The van der Waals surface area contributed by atoms with E-state index in [0.717, 1.165) is 5.56 Å². The summed E-state index contributed by atoms with van der Waals surface area (Å²) >= 11 is 0. The number of benzene rings is 1. The fourth-order valence-electron chi connectivity index (χ4n) is 2.08. The summed E-state index contributed by atoms with van der Waals surface area (Å²) in [6, 6.07) is 6.80. The number of rotatable bonds is 4. The molecule has 0 aliphatic rings. The number of hydrogen-bond acceptors (Lipinski definition) is 5. The molecule has 0 saturated carbocycles. The van der Waals surface area contributed by atoms with Gasteiger partial charge in [-0.2, -0.15) is 5.10 Å². The van der Waals surface area contributed by atoms with E-state index in [1.165, 1.54) is 6.33 Å². The zero-order chi connectivity index (χ0) is 14.9. The number of hydrogen-bond donors (Lipinski definition) is 2. The molecule has 0 fully saturated rings. The topological polar surface area (TPSA) is 101 Å². The Labute approximate surface area is 121 Å². The number of H-pyrrole nitrogens is 1. The highest BCUT2D eigenvalue weighted by Gasteiger charge is 2.18. The summed E-state index contributed by atoms with van der Waals surface area (Å²) in [5.74, 6) is 0.452. The van der Waals surface area contributed by atoms with Crippen LogP contribution < -0.4 is 4.72 Å². The van der Waals surface area contributed by atoms with Crippen LogP contribution in [0.2, 0.25) is 0 Å². The summed E-state index contributed by atoms with van der Waals surface area (Å²) in [6.45, 7) is 1.95. The standard InChI is InChI=1S/C13H13N5O2S/c1-9-4-5-11(10-3-2-6-14-13(9)10)21(19,20)17-7-12-15-8-16-18-12/h2-6,8,17H,7H2,1H3,(H,15,16,18). The summed E-state index contributed by atoms with van der Waals surface area (Å²) in [6.07, 6.45) is 2.97. The molecule has 0 saturated heterocycles. The molecule has 0 unspecified atom stereocenters. The SMILES string of the molecule is Cc1ccc(S(=O)(=O)NCc2ncn[nH]2)c2cccnc12. The number of nitrogens with one attached hydrogen (secondary N) is 2. The molecule has 0 bridgehead atoms. The van der Waals surface area contributed by atoms with E-state index >= 15 is 0 Å². The number of aryl methyl sites for hydroxylation is 1. The Hall–Kier alpha value is -2.32. The first kappa shape index (κ1) is 13.7. The fourth-order valence-corrected chi connectivity index (χ4v) is 3.26. The van der Waals surface area contributed by atoms with Crippen molar-refractivity contribution in [2.45, 2.75) is 18.4 Å². The number of sulfonamides is 1. The third-order valence-electron chi connectivity index (χ3n) is 3.12. The van der Waals surface area contributed by atoms with Crippen molar-refractivity contribution in [1.29, 1.82) is 0 Å². The van der Waals surface area contributed by atoms with Crippen molar-refractivity contribution in [3.05, 3.63) is 48.2 Å². The zero-order valence-corrected chi connectivity index (χ0v) is 12.1. The smallest absolute Gasteiger partial charge is 0.241 e. The minimum atomic E-state index is -3.66. The van der Waals surface area contributed by atoms with Crippen molar-refractivity contribution in [1.82, 2.24) is 24.9 Å². The number of aromatic amines is 1. The quantitative estimate of drug-likeness (QED) is 0.752. The van der Waals surface area contributed by atoms with Gasteiger partial charge in [0.15, 0.2) is 0 Å². The second kappa shape index (κ2) is 5.23. The first-order chi connectivity index (χ1) is 10.1. The molecule has 3 aromatic rings. The van der Waals surface area contributed by atoms with Crippen LogP contribution in [0.25, 0.3) is 10.9 Å². The third kappa shape index (κ3) is 2.63. The Morgan fingerprint density at radius 2 is 2.10 bits per heavy atom. The fraction of sp³-hybridized carbons (Fsp3) is 0.154. The Balaban J connectivity index is 2.01. The molecule has 1 aromatic carbocycles. The number of nitrogens with zero attached hydrogens (tertiary/aromatic N) is 3. The lowest BCUT2D eigenvalue weighted by Gasteiger charge is -2.09. The highest BCUT2D eigenvalue weighted by molar-refractivity contribution is 7.89. The van der Waals surface area contributed by atoms with E-state index in [1.54, 1.807) is 30.5 Å². The van der Waals surface area contributed by atoms with Gasteiger partial charge in [-0.25, -0.2) is 18.1 Å². The first-order valence-corrected chi connectivity index (χ1v) is 7.74. The lowest BCUT2D eigenvalue weighted by molar-refractivity contribution is 0.580. The van der Waals surface area contributed by atoms with Gasteiger partial charge in [-0.05, 0) is 30.7 Å². The molecule has 8 heteroatoms. The Kier molecular flexibility index (Phi) is 3.40. The van der Waals surface area contributed by atoms with Crippen LogP contribution in [-0.2, 0) is 16.6 Å². The van der Waals surface area contributed by atoms with Crippen LogP contribution in [0.5, 0.6) is 0 Å². The maximum atomic E-state index is 12.5. The number of fused-ring (bicyclic) bond motifs is 1. The predicted molar refractivity (Wildman–Crippen MR) is 76.9 cm³/mol. The predicted octanol–water partition coefficient (Wildman–Crippen LogP) is 1.14. The Morgan fingerprint density at radius 1 is 1.24 bits per heavy atom. The van der Waals surface area contributed by atoms with Gasteiger partial charge < -0.3 is 0 Å².